The SMILES string of the molecule is CCOC1(c2ccccc2)CCN(c2ccc(C3(C)CCN(CC)C3)cc2)CC1. The van der Waals surface area contributed by atoms with Crippen LogP contribution in [0.15, 0.2) is 54.6 Å². The second kappa shape index (κ2) is 8.49. The van der Waals surface area contributed by atoms with Crippen LogP contribution in [0.3, 0.4) is 0 Å². The summed E-state index contributed by atoms with van der Waals surface area (Å²) >= 11 is 0. The average Bonchev–Trinajstić information content (AvgIpc) is 3.18. The molecular weight excluding hydrogens is 356 g/mol. The third kappa shape index (κ3) is 4.08. The summed E-state index contributed by atoms with van der Waals surface area (Å²) in [4.78, 5) is 5.09. The van der Waals surface area contributed by atoms with E-state index >= 15 is 0 Å². The Labute approximate surface area is 176 Å². The first kappa shape index (κ1) is 20.4. The minimum atomic E-state index is -0.132. The van der Waals surface area contributed by atoms with Crippen LogP contribution in [0.1, 0.15) is 51.2 Å². The zero-order valence-electron chi connectivity index (χ0n) is 18.4. The van der Waals surface area contributed by atoms with Crippen molar-refractivity contribution in [3.8, 4) is 0 Å². The molecule has 3 nitrogen and oxygen atoms in total. The van der Waals surface area contributed by atoms with Gasteiger partial charge in [0.05, 0.1) is 5.60 Å². The summed E-state index contributed by atoms with van der Waals surface area (Å²) < 4.78 is 6.33. The highest BCUT2D eigenvalue weighted by Crippen LogP contribution is 2.39. The van der Waals surface area contributed by atoms with E-state index in [1.807, 2.05) is 0 Å². The minimum Gasteiger partial charge on any atom is -0.371 e. The van der Waals surface area contributed by atoms with Crippen molar-refractivity contribution in [3.63, 3.8) is 0 Å². The van der Waals surface area contributed by atoms with E-state index in [-0.39, 0.29) is 5.60 Å². The summed E-state index contributed by atoms with van der Waals surface area (Å²) in [5.41, 5.74) is 4.33. The van der Waals surface area contributed by atoms with E-state index in [1.54, 1.807) is 0 Å². The van der Waals surface area contributed by atoms with Crippen LogP contribution in [0.25, 0.3) is 0 Å². The summed E-state index contributed by atoms with van der Waals surface area (Å²) in [7, 11) is 0. The van der Waals surface area contributed by atoms with Gasteiger partial charge in [-0.05, 0) is 62.5 Å². The number of nitrogens with zero attached hydrogens (tertiary/aromatic N) is 2. The van der Waals surface area contributed by atoms with Crippen LogP contribution >= 0.6 is 0 Å². The predicted octanol–water partition coefficient (Wildman–Crippen LogP) is 5.20. The fraction of sp³-hybridized carbons (Fsp3) is 0.538. The van der Waals surface area contributed by atoms with Gasteiger partial charge in [-0.3, -0.25) is 0 Å². The normalized spacial score (nSPS) is 24.7. The van der Waals surface area contributed by atoms with Crippen LogP contribution in [0.4, 0.5) is 5.69 Å². The van der Waals surface area contributed by atoms with Crippen LogP contribution in [-0.4, -0.2) is 44.2 Å². The highest BCUT2D eigenvalue weighted by molar-refractivity contribution is 5.50. The number of likely N-dealkylation sites (N-methyl/N-ethyl adjacent to an activating group) is 1. The lowest BCUT2D eigenvalue weighted by Crippen LogP contribution is -2.44. The summed E-state index contributed by atoms with van der Waals surface area (Å²) in [5, 5.41) is 0. The molecule has 4 rings (SSSR count). The Hall–Kier alpha value is -1.84. The highest BCUT2D eigenvalue weighted by Gasteiger charge is 2.37. The number of piperidine rings is 1. The zero-order chi connectivity index (χ0) is 20.3. The van der Waals surface area contributed by atoms with Gasteiger partial charge in [0.15, 0.2) is 0 Å². The molecule has 2 aromatic rings. The molecule has 2 fully saturated rings. The van der Waals surface area contributed by atoms with Gasteiger partial charge in [-0.1, -0.05) is 56.3 Å². The van der Waals surface area contributed by atoms with Crippen LogP contribution in [0.2, 0.25) is 0 Å². The second-order valence-electron chi connectivity index (χ2n) is 9.01. The van der Waals surface area contributed by atoms with E-state index in [0.29, 0.717) is 5.41 Å². The lowest BCUT2D eigenvalue weighted by molar-refractivity contribution is -0.0617. The summed E-state index contributed by atoms with van der Waals surface area (Å²) in [6.07, 6.45) is 3.34. The van der Waals surface area contributed by atoms with Gasteiger partial charge in [0.1, 0.15) is 0 Å². The highest BCUT2D eigenvalue weighted by atomic mass is 16.5. The van der Waals surface area contributed by atoms with Gasteiger partial charge in [-0.25, -0.2) is 0 Å². The molecule has 3 heteroatoms. The fourth-order valence-electron chi connectivity index (χ4n) is 5.30. The molecule has 2 aromatic carbocycles. The quantitative estimate of drug-likeness (QED) is 0.672. The van der Waals surface area contributed by atoms with Crippen molar-refractivity contribution >= 4 is 5.69 Å². The maximum atomic E-state index is 6.33. The van der Waals surface area contributed by atoms with Gasteiger partial charge >= 0.3 is 0 Å². The Morgan fingerprint density at radius 1 is 0.828 bits per heavy atom. The first-order valence-corrected chi connectivity index (χ1v) is 11.4. The first-order chi connectivity index (χ1) is 14.1. The molecule has 2 saturated heterocycles. The van der Waals surface area contributed by atoms with Gasteiger partial charge in [-0.2, -0.15) is 0 Å². The van der Waals surface area contributed by atoms with Crippen molar-refractivity contribution in [1.29, 1.82) is 0 Å². The number of rotatable bonds is 6. The maximum absolute atomic E-state index is 6.33. The fourth-order valence-corrected chi connectivity index (χ4v) is 5.30. The monoisotopic (exact) mass is 392 g/mol. The number of ether oxygens (including phenoxy) is 1. The smallest absolute Gasteiger partial charge is 0.0964 e. The van der Waals surface area contributed by atoms with Crippen molar-refractivity contribution < 1.29 is 4.74 Å². The van der Waals surface area contributed by atoms with Gasteiger partial charge in [-0.15, -0.1) is 0 Å². The van der Waals surface area contributed by atoms with E-state index < -0.39 is 0 Å². The second-order valence-corrected chi connectivity index (χ2v) is 9.01. The number of anilines is 1. The minimum absolute atomic E-state index is 0.132. The third-order valence-electron chi connectivity index (χ3n) is 7.22. The topological polar surface area (TPSA) is 15.7 Å². The first-order valence-electron chi connectivity index (χ1n) is 11.4. The molecular formula is C26H36N2O. The third-order valence-corrected chi connectivity index (χ3v) is 7.22. The standard InChI is InChI=1S/C26H36N2O/c1-4-27-18-15-25(3,21-27)22-11-13-24(14-12-22)28-19-16-26(17-20-28,29-5-2)23-9-7-6-8-10-23/h6-14H,4-5,15-21H2,1-3H3. The summed E-state index contributed by atoms with van der Waals surface area (Å²) in [5.74, 6) is 0. The van der Waals surface area contributed by atoms with Crippen molar-refractivity contribution in [2.75, 3.05) is 44.2 Å². The van der Waals surface area contributed by atoms with Crippen molar-refractivity contribution in [3.05, 3.63) is 65.7 Å². The van der Waals surface area contributed by atoms with Gasteiger partial charge < -0.3 is 14.5 Å². The predicted molar refractivity (Wildman–Crippen MR) is 122 cm³/mol. The Bertz CT molecular complexity index is 780. The number of hydrogen-bond acceptors (Lipinski definition) is 3. The van der Waals surface area contributed by atoms with Crippen LogP contribution in [-0.2, 0) is 15.8 Å². The Morgan fingerprint density at radius 2 is 1.52 bits per heavy atom. The molecule has 2 aliphatic rings. The molecule has 0 aromatic heterocycles. The van der Waals surface area contributed by atoms with E-state index in [1.165, 1.54) is 36.3 Å². The van der Waals surface area contributed by atoms with Crippen LogP contribution in [0.5, 0.6) is 0 Å². The van der Waals surface area contributed by atoms with E-state index in [4.69, 9.17) is 4.74 Å². The molecule has 2 aliphatic heterocycles. The molecule has 0 radical (unpaired) electrons. The van der Waals surface area contributed by atoms with E-state index in [2.05, 4.69) is 85.2 Å². The van der Waals surface area contributed by atoms with Crippen molar-refractivity contribution in [1.82, 2.24) is 4.90 Å². The van der Waals surface area contributed by atoms with Crippen molar-refractivity contribution in [2.45, 2.75) is 51.0 Å². The Morgan fingerprint density at radius 3 is 2.10 bits per heavy atom. The largest absolute Gasteiger partial charge is 0.371 e. The molecule has 0 aliphatic carbocycles. The molecule has 1 unspecified atom stereocenters. The summed E-state index contributed by atoms with van der Waals surface area (Å²) in [6.45, 7) is 13.2. The molecule has 0 bridgehead atoms. The molecule has 2 heterocycles. The number of benzene rings is 2. The molecule has 29 heavy (non-hydrogen) atoms. The number of hydrogen-bond donors (Lipinski definition) is 0. The molecule has 0 spiro atoms. The maximum Gasteiger partial charge on any atom is 0.0964 e. The van der Waals surface area contributed by atoms with E-state index in [0.717, 1.165) is 39.1 Å². The average molecular weight is 393 g/mol. The van der Waals surface area contributed by atoms with Crippen LogP contribution in [0, 0.1) is 0 Å². The van der Waals surface area contributed by atoms with Crippen molar-refractivity contribution in [2.24, 2.45) is 0 Å². The Kier molecular flexibility index (Phi) is 5.98. The van der Waals surface area contributed by atoms with E-state index in [9.17, 15) is 0 Å². The number of likely N-dealkylation sites (tertiary alicyclic amines) is 1. The molecule has 1 atom stereocenters. The molecule has 0 amide bonds. The summed E-state index contributed by atoms with van der Waals surface area (Å²) in [6, 6.07) is 20.2. The molecule has 0 saturated carbocycles. The lowest BCUT2D eigenvalue weighted by atomic mass is 9.81. The van der Waals surface area contributed by atoms with Crippen LogP contribution < -0.4 is 4.90 Å². The lowest BCUT2D eigenvalue weighted by Gasteiger charge is -2.43. The Balaban J connectivity index is 1.45. The van der Waals surface area contributed by atoms with Gasteiger partial charge in [0.25, 0.3) is 0 Å². The zero-order valence-corrected chi connectivity index (χ0v) is 18.4. The van der Waals surface area contributed by atoms with Gasteiger partial charge in [0, 0.05) is 37.3 Å². The van der Waals surface area contributed by atoms with Gasteiger partial charge in [0.2, 0.25) is 0 Å². The molecule has 156 valence electrons. The molecule has 0 N–H and O–H groups in total.